The molecule has 1 atom stereocenters. The van der Waals surface area contributed by atoms with E-state index in [2.05, 4.69) is 9.46 Å². The highest BCUT2D eigenvalue weighted by atomic mass is 35.5. The summed E-state index contributed by atoms with van der Waals surface area (Å²) in [5.74, 6) is -4.30. The summed E-state index contributed by atoms with van der Waals surface area (Å²) in [4.78, 5) is 37.0. The summed E-state index contributed by atoms with van der Waals surface area (Å²) in [5, 5.41) is 4.68. The second-order valence-corrected chi connectivity index (χ2v) is 10.7. The highest BCUT2D eigenvalue weighted by molar-refractivity contribution is 7.93. The van der Waals surface area contributed by atoms with Crippen LogP contribution >= 0.6 is 11.6 Å². The number of carbonyl (C=O) groups excluding carboxylic acids is 2. The van der Waals surface area contributed by atoms with Gasteiger partial charge in [-0.1, -0.05) is 29.8 Å². The van der Waals surface area contributed by atoms with Crippen LogP contribution in [0.15, 0.2) is 63.8 Å². The minimum Gasteiger partial charge on any atom is -0.294 e. The standard InChI is InChI=1S/C23H18ClF4N3O4S/c1-36(35,30-22(34)23(26,27)28)11-3-6-20(32)18-13-19(14-7-9-15(24)10-8-14)29-31(21(18)33)17-5-2-4-16(25)12-17/h2,4-5,7-10,12-13H,3,6,11H2,1H3. The number of carbonyl (C=O) groups is 2. The van der Waals surface area contributed by atoms with Crippen LogP contribution in [0.1, 0.15) is 23.2 Å². The summed E-state index contributed by atoms with van der Waals surface area (Å²) in [5.41, 5.74) is -0.405. The molecule has 0 fully saturated rings. The molecular formula is C23H18ClF4N3O4S. The van der Waals surface area contributed by atoms with Gasteiger partial charge in [0.05, 0.1) is 26.7 Å². The van der Waals surface area contributed by atoms with Crippen molar-refractivity contribution in [1.29, 1.82) is 0 Å². The fraction of sp³-hybridized carbons (Fsp3) is 0.217. The number of hydrogen-bond donors (Lipinski definition) is 0. The number of benzene rings is 2. The van der Waals surface area contributed by atoms with Crippen molar-refractivity contribution in [3.8, 4) is 16.9 Å². The van der Waals surface area contributed by atoms with Crippen LogP contribution in [-0.2, 0) is 14.5 Å². The average molecular weight is 544 g/mol. The van der Waals surface area contributed by atoms with E-state index in [4.69, 9.17) is 11.6 Å². The van der Waals surface area contributed by atoms with Gasteiger partial charge in [0.15, 0.2) is 5.78 Å². The first-order valence-electron chi connectivity index (χ1n) is 10.3. The summed E-state index contributed by atoms with van der Waals surface area (Å²) >= 11 is 5.91. The van der Waals surface area contributed by atoms with E-state index < -0.39 is 44.7 Å². The Hall–Kier alpha value is -3.38. The molecule has 1 unspecified atom stereocenters. The highest BCUT2D eigenvalue weighted by Gasteiger charge is 2.39. The van der Waals surface area contributed by atoms with E-state index in [1.54, 1.807) is 24.3 Å². The minimum atomic E-state index is -5.26. The summed E-state index contributed by atoms with van der Waals surface area (Å²) in [6, 6.07) is 12.6. The van der Waals surface area contributed by atoms with Crippen molar-refractivity contribution >= 4 is 33.0 Å². The van der Waals surface area contributed by atoms with Gasteiger partial charge < -0.3 is 0 Å². The Morgan fingerprint density at radius 3 is 2.39 bits per heavy atom. The molecule has 0 N–H and O–H groups in total. The third-order valence-corrected chi connectivity index (χ3v) is 6.70. The SMILES string of the molecule is CS(=O)(CCCC(=O)c1cc(-c2ccc(Cl)cc2)nn(-c2cccc(F)c2)c1=O)=NC(=O)C(F)(F)F. The predicted octanol–water partition coefficient (Wildman–Crippen LogP) is 4.84. The molecule has 3 aromatic rings. The van der Waals surface area contributed by atoms with Crippen LogP contribution < -0.4 is 5.56 Å². The second-order valence-electron chi connectivity index (χ2n) is 7.73. The summed E-state index contributed by atoms with van der Waals surface area (Å²) < 4.78 is 66.8. The number of alkyl halides is 3. The van der Waals surface area contributed by atoms with Crippen molar-refractivity contribution in [2.75, 3.05) is 12.0 Å². The van der Waals surface area contributed by atoms with E-state index in [9.17, 15) is 36.2 Å². The number of nitrogens with zero attached hydrogens (tertiary/aromatic N) is 3. The molecule has 1 amide bonds. The van der Waals surface area contributed by atoms with E-state index in [1.165, 1.54) is 24.3 Å². The molecule has 190 valence electrons. The molecule has 2 aromatic carbocycles. The van der Waals surface area contributed by atoms with Crippen molar-refractivity contribution in [2.45, 2.75) is 19.0 Å². The maximum absolute atomic E-state index is 13.8. The lowest BCUT2D eigenvalue weighted by molar-refractivity contribution is -0.169. The van der Waals surface area contributed by atoms with Crippen molar-refractivity contribution in [3.05, 3.63) is 81.4 Å². The Morgan fingerprint density at radius 1 is 1.11 bits per heavy atom. The van der Waals surface area contributed by atoms with Gasteiger partial charge in [-0.2, -0.15) is 27.3 Å². The van der Waals surface area contributed by atoms with Crippen LogP contribution in [-0.4, -0.2) is 43.9 Å². The third-order valence-electron chi connectivity index (χ3n) is 4.85. The molecule has 0 aliphatic rings. The fourth-order valence-electron chi connectivity index (χ4n) is 3.15. The normalized spacial score (nSPS) is 13.2. The molecule has 0 spiro atoms. The first-order valence-corrected chi connectivity index (χ1v) is 12.7. The van der Waals surface area contributed by atoms with Crippen molar-refractivity contribution in [2.24, 2.45) is 4.36 Å². The number of rotatable bonds is 7. The van der Waals surface area contributed by atoms with Crippen LogP contribution in [0, 0.1) is 5.82 Å². The molecule has 0 aliphatic heterocycles. The topological polar surface area (TPSA) is 98.5 Å². The molecule has 0 saturated heterocycles. The number of aromatic nitrogens is 2. The van der Waals surface area contributed by atoms with Gasteiger partial charge in [0.2, 0.25) is 0 Å². The lowest BCUT2D eigenvalue weighted by atomic mass is 10.1. The Bertz CT molecular complexity index is 1490. The third kappa shape index (κ3) is 6.85. The smallest absolute Gasteiger partial charge is 0.294 e. The van der Waals surface area contributed by atoms with Gasteiger partial charge >= 0.3 is 12.1 Å². The summed E-state index contributed by atoms with van der Waals surface area (Å²) in [6.07, 6.45) is -4.96. The Kier molecular flexibility index (Phi) is 8.09. The van der Waals surface area contributed by atoms with Gasteiger partial charge in [-0.25, -0.2) is 8.60 Å². The quantitative estimate of drug-likeness (QED) is 0.314. The number of Topliss-reactive ketones (excluding diaryl/α,β-unsaturated/α-hetero) is 1. The molecule has 1 aromatic heterocycles. The van der Waals surface area contributed by atoms with Crippen LogP contribution in [0.4, 0.5) is 17.6 Å². The van der Waals surface area contributed by atoms with Gasteiger partial charge in [-0.05, 0) is 42.8 Å². The number of halogens is 5. The summed E-state index contributed by atoms with van der Waals surface area (Å²) in [6.45, 7) is 0. The Morgan fingerprint density at radius 2 is 1.78 bits per heavy atom. The molecule has 3 rings (SSSR count). The van der Waals surface area contributed by atoms with Crippen LogP contribution in [0.3, 0.4) is 0 Å². The van der Waals surface area contributed by atoms with Gasteiger partial charge in [-0.15, -0.1) is 0 Å². The van der Waals surface area contributed by atoms with Crippen molar-refractivity contribution in [3.63, 3.8) is 0 Å². The number of ketones is 1. The highest BCUT2D eigenvalue weighted by Crippen LogP contribution is 2.22. The zero-order valence-electron chi connectivity index (χ0n) is 18.6. The Balaban J connectivity index is 1.95. The van der Waals surface area contributed by atoms with E-state index in [0.717, 1.165) is 17.0 Å². The van der Waals surface area contributed by atoms with E-state index in [-0.39, 0.29) is 29.8 Å². The number of hydrogen-bond acceptors (Lipinski definition) is 5. The van der Waals surface area contributed by atoms with Crippen LogP contribution in [0.25, 0.3) is 16.9 Å². The van der Waals surface area contributed by atoms with E-state index in [1.807, 2.05) is 0 Å². The molecule has 1 heterocycles. The monoisotopic (exact) mass is 543 g/mol. The van der Waals surface area contributed by atoms with Crippen LogP contribution in [0.2, 0.25) is 5.02 Å². The van der Waals surface area contributed by atoms with Crippen LogP contribution in [0.5, 0.6) is 0 Å². The molecule has 36 heavy (non-hydrogen) atoms. The molecule has 0 saturated carbocycles. The maximum Gasteiger partial charge on any atom is 0.474 e. The largest absolute Gasteiger partial charge is 0.474 e. The average Bonchev–Trinajstić information content (AvgIpc) is 2.78. The zero-order valence-corrected chi connectivity index (χ0v) is 20.2. The van der Waals surface area contributed by atoms with E-state index in [0.29, 0.717) is 10.6 Å². The Labute approximate surface area is 207 Å². The summed E-state index contributed by atoms with van der Waals surface area (Å²) in [7, 11) is -3.56. The van der Waals surface area contributed by atoms with E-state index >= 15 is 0 Å². The van der Waals surface area contributed by atoms with Gasteiger partial charge in [0.1, 0.15) is 5.82 Å². The number of amides is 1. The molecule has 13 heteroatoms. The molecule has 0 radical (unpaired) electrons. The zero-order chi connectivity index (χ0) is 26.7. The van der Waals surface area contributed by atoms with Crippen molar-refractivity contribution in [1.82, 2.24) is 9.78 Å². The first kappa shape index (κ1) is 27.2. The molecular weight excluding hydrogens is 526 g/mol. The molecule has 0 bridgehead atoms. The van der Waals surface area contributed by atoms with Gasteiger partial charge in [0, 0.05) is 29.0 Å². The fourth-order valence-corrected chi connectivity index (χ4v) is 4.50. The maximum atomic E-state index is 13.8. The lowest BCUT2D eigenvalue weighted by Gasteiger charge is -2.11. The van der Waals surface area contributed by atoms with Gasteiger partial charge in [0.25, 0.3) is 5.56 Å². The second kappa shape index (κ2) is 10.7. The predicted molar refractivity (Wildman–Crippen MR) is 126 cm³/mol. The molecule has 7 nitrogen and oxygen atoms in total. The lowest BCUT2D eigenvalue weighted by Crippen LogP contribution is -2.28. The first-order chi connectivity index (χ1) is 16.8. The van der Waals surface area contributed by atoms with Crippen molar-refractivity contribution < 1.29 is 31.4 Å². The minimum absolute atomic E-state index is 0.0610. The van der Waals surface area contributed by atoms with Gasteiger partial charge in [-0.3, -0.25) is 14.4 Å². The molecule has 0 aliphatic carbocycles.